The van der Waals surface area contributed by atoms with Crippen molar-refractivity contribution in [3.8, 4) is 11.5 Å². The fourth-order valence-electron chi connectivity index (χ4n) is 7.35. The average molecular weight is 721 g/mol. The van der Waals surface area contributed by atoms with Gasteiger partial charge in [0.25, 0.3) is 0 Å². The van der Waals surface area contributed by atoms with Crippen molar-refractivity contribution >= 4 is 0 Å². The zero-order valence-corrected chi connectivity index (χ0v) is 36.1. The third-order valence-electron chi connectivity index (χ3n) is 11.0. The first-order chi connectivity index (χ1) is 24.7. The Balaban J connectivity index is 2.44. The van der Waals surface area contributed by atoms with Crippen LogP contribution in [0.15, 0.2) is 24.3 Å². The molecular weight excluding hydrogens is 637 g/mol. The van der Waals surface area contributed by atoms with Gasteiger partial charge in [0.2, 0.25) is 0 Å². The highest BCUT2D eigenvalue weighted by molar-refractivity contribution is 5.49. The third kappa shape index (κ3) is 17.0. The van der Waals surface area contributed by atoms with Gasteiger partial charge in [-0.2, -0.15) is 0 Å². The highest BCUT2D eigenvalue weighted by Crippen LogP contribution is 2.36. The molecule has 0 aliphatic rings. The first kappa shape index (κ1) is 46.1. The zero-order valence-electron chi connectivity index (χ0n) is 36.1. The molecule has 0 aliphatic carbocycles. The fraction of sp³-hybridized carbons (Fsp3) is 0.750. The Bertz CT molecular complexity index is 1130. The maximum absolute atomic E-state index is 11.9. The number of benzene rings is 2. The Hall–Kier alpha value is -2.04. The molecule has 0 saturated carbocycles. The molecule has 2 aromatic carbocycles. The lowest BCUT2D eigenvalue weighted by atomic mass is 9.82. The summed E-state index contributed by atoms with van der Waals surface area (Å²) in [6.07, 6.45) is 21.5. The summed E-state index contributed by atoms with van der Waals surface area (Å²) >= 11 is 0. The maximum atomic E-state index is 11.9. The molecular formula is C48H84N2O2. The van der Waals surface area contributed by atoms with Gasteiger partial charge in [-0.3, -0.25) is 9.80 Å². The molecule has 2 aromatic rings. The molecule has 0 heterocycles. The van der Waals surface area contributed by atoms with Gasteiger partial charge in [0.15, 0.2) is 0 Å². The molecule has 2 rings (SSSR count). The summed E-state index contributed by atoms with van der Waals surface area (Å²) in [5.41, 5.74) is 6.65. The maximum Gasteiger partial charge on any atom is 0.123 e. The quantitative estimate of drug-likeness (QED) is 0.0902. The van der Waals surface area contributed by atoms with Crippen LogP contribution in [0, 0.1) is 0 Å². The lowest BCUT2D eigenvalue weighted by molar-refractivity contribution is 0.249. The van der Waals surface area contributed by atoms with Crippen molar-refractivity contribution in [2.45, 2.75) is 209 Å². The molecule has 4 heteroatoms. The number of phenolic OH excluding ortho intramolecular Hbond substituents is 2. The molecule has 0 amide bonds. The second-order valence-electron chi connectivity index (χ2n) is 18.1. The first-order valence-electron chi connectivity index (χ1n) is 21.9. The van der Waals surface area contributed by atoms with Crippen LogP contribution in [0.5, 0.6) is 11.5 Å². The van der Waals surface area contributed by atoms with E-state index in [-0.39, 0.29) is 10.8 Å². The Morgan fingerprint density at radius 3 is 0.923 bits per heavy atom. The van der Waals surface area contributed by atoms with E-state index in [0.717, 1.165) is 61.5 Å². The van der Waals surface area contributed by atoms with Crippen LogP contribution in [-0.2, 0) is 36.8 Å². The van der Waals surface area contributed by atoms with Crippen LogP contribution in [0.1, 0.15) is 205 Å². The van der Waals surface area contributed by atoms with Crippen LogP contribution in [0.25, 0.3) is 0 Å². The molecule has 0 aliphatic heterocycles. The van der Waals surface area contributed by atoms with E-state index in [9.17, 15) is 10.2 Å². The van der Waals surface area contributed by atoms with Crippen molar-refractivity contribution in [3.05, 3.63) is 57.6 Å². The van der Waals surface area contributed by atoms with Crippen molar-refractivity contribution in [3.63, 3.8) is 0 Å². The van der Waals surface area contributed by atoms with Gasteiger partial charge in [-0.15, -0.1) is 0 Å². The Kier molecular flexibility index (Phi) is 21.6. The summed E-state index contributed by atoms with van der Waals surface area (Å²) < 4.78 is 0. The number of nitrogens with zero attached hydrogens (tertiary/aromatic N) is 2. The predicted octanol–water partition coefficient (Wildman–Crippen LogP) is 13.4. The smallest absolute Gasteiger partial charge is 0.123 e. The normalized spacial score (nSPS) is 12.5. The van der Waals surface area contributed by atoms with E-state index in [1.807, 2.05) is 0 Å². The minimum Gasteiger partial charge on any atom is -0.507 e. The van der Waals surface area contributed by atoms with Gasteiger partial charge in [0.1, 0.15) is 11.5 Å². The number of aromatic hydroxyl groups is 2. The minimum atomic E-state index is -0.0243. The van der Waals surface area contributed by atoms with Crippen molar-refractivity contribution in [1.82, 2.24) is 9.80 Å². The molecule has 0 aromatic heterocycles. The molecule has 298 valence electrons. The molecule has 2 N–H and O–H groups in total. The Labute approximate surface area is 323 Å². The van der Waals surface area contributed by atoms with E-state index in [4.69, 9.17) is 0 Å². The van der Waals surface area contributed by atoms with Crippen LogP contribution in [0.2, 0.25) is 0 Å². The summed E-state index contributed by atoms with van der Waals surface area (Å²) in [6.45, 7) is 28.7. The van der Waals surface area contributed by atoms with Crippen LogP contribution >= 0.6 is 0 Å². The van der Waals surface area contributed by atoms with E-state index in [0.29, 0.717) is 24.3 Å². The average Bonchev–Trinajstić information content (AvgIpc) is 3.09. The molecule has 0 unspecified atom stereocenters. The highest BCUT2D eigenvalue weighted by atomic mass is 16.3. The Morgan fingerprint density at radius 1 is 0.404 bits per heavy atom. The number of phenols is 2. The molecule has 0 bridgehead atoms. The minimum absolute atomic E-state index is 0.0243. The SMILES string of the molecule is CCCCCCN(CCCCCC)Cc1cc(C(C)(C)C)cc(CCc2cc(C(C)(C)C)cc(CN(CCCCCC)CCCCCC)c2O)c1O. The van der Waals surface area contributed by atoms with Gasteiger partial charge in [-0.1, -0.05) is 171 Å². The highest BCUT2D eigenvalue weighted by Gasteiger charge is 2.23. The van der Waals surface area contributed by atoms with Crippen LogP contribution < -0.4 is 0 Å². The number of hydrogen-bond acceptors (Lipinski definition) is 4. The third-order valence-corrected chi connectivity index (χ3v) is 11.0. The number of aryl methyl sites for hydroxylation is 2. The largest absolute Gasteiger partial charge is 0.507 e. The summed E-state index contributed by atoms with van der Waals surface area (Å²) in [5, 5.41) is 23.8. The molecule has 0 radical (unpaired) electrons. The van der Waals surface area contributed by atoms with Crippen LogP contribution in [-0.4, -0.2) is 46.2 Å². The second kappa shape index (κ2) is 24.4. The molecule has 52 heavy (non-hydrogen) atoms. The standard InChI is InChI=1S/C48H84N2O2/c1-11-15-19-23-29-49(30-24-20-16-12-2)37-41-35-43(47(5,6)7)33-39(45(41)51)27-28-40-34-44(48(8,9)10)36-42(46(40)52)38-50(31-25-21-17-13-3)32-26-22-18-14-4/h33-36,51-52H,11-32,37-38H2,1-10H3. The second-order valence-corrected chi connectivity index (χ2v) is 18.1. The van der Waals surface area contributed by atoms with Gasteiger partial charge in [-0.05, 0) is 97.8 Å². The number of unbranched alkanes of at least 4 members (excludes halogenated alkanes) is 12. The Morgan fingerprint density at radius 2 is 0.673 bits per heavy atom. The zero-order chi connectivity index (χ0) is 38.6. The van der Waals surface area contributed by atoms with Crippen molar-refractivity contribution < 1.29 is 10.2 Å². The molecule has 0 fully saturated rings. The van der Waals surface area contributed by atoms with Gasteiger partial charge in [0.05, 0.1) is 0 Å². The number of hydrogen-bond donors (Lipinski definition) is 2. The monoisotopic (exact) mass is 721 g/mol. The predicted molar refractivity (Wildman–Crippen MR) is 228 cm³/mol. The number of rotatable bonds is 27. The van der Waals surface area contributed by atoms with E-state index >= 15 is 0 Å². The summed E-state index contributed by atoms with van der Waals surface area (Å²) in [5.74, 6) is 0.911. The summed E-state index contributed by atoms with van der Waals surface area (Å²) in [7, 11) is 0. The van der Waals surface area contributed by atoms with E-state index in [1.165, 1.54) is 114 Å². The lowest BCUT2D eigenvalue weighted by Crippen LogP contribution is -2.26. The summed E-state index contributed by atoms with van der Waals surface area (Å²) in [6, 6.07) is 9.03. The van der Waals surface area contributed by atoms with E-state index < -0.39 is 0 Å². The summed E-state index contributed by atoms with van der Waals surface area (Å²) in [4.78, 5) is 5.19. The molecule has 0 spiro atoms. The van der Waals surface area contributed by atoms with Crippen molar-refractivity contribution in [2.24, 2.45) is 0 Å². The van der Waals surface area contributed by atoms with Crippen LogP contribution in [0.3, 0.4) is 0 Å². The molecule has 0 saturated heterocycles. The van der Waals surface area contributed by atoms with Gasteiger partial charge in [-0.25, -0.2) is 0 Å². The van der Waals surface area contributed by atoms with Crippen molar-refractivity contribution in [1.29, 1.82) is 0 Å². The van der Waals surface area contributed by atoms with Gasteiger partial charge in [0, 0.05) is 24.2 Å². The van der Waals surface area contributed by atoms with Gasteiger partial charge >= 0.3 is 0 Å². The topological polar surface area (TPSA) is 46.9 Å². The van der Waals surface area contributed by atoms with E-state index in [1.54, 1.807) is 0 Å². The first-order valence-corrected chi connectivity index (χ1v) is 21.9. The lowest BCUT2D eigenvalue weighted by Gasteiger charge is -2.27. The van der Waals surface area contributed by atoms with E-state index in [2.05, 4.69) is 103 Å². The van der Waals surface area contributed by atoms with Crippen LogP contribution in [0.4, 0.5) is 0 Å². The fourth-order valence-corrected chi connectivity index (χ4v) is 7.35. The molecule has 0 atom stereocenters. The van der Waals surface area contributed by atoms with Crippen molar-refractivity contribution in [2.75, 3.05) is 26.2 Å². The molecule has 4 nitrogen and oxygen atoms in total. The van der Waals surface area contributed by atoms with Gasteiger partial charge < -0.3 is 10.2 Å².